The van der Waals surface area contributed by atoms with E-state index in [2.05, 4.69) is 36.2 Å². The van der Waals surface area contributed by atoms with Crippen molar-refractivity contribution in [2.24, 2.45) is 11.7 Å². The quantitative estimate of drug-likeness (QED) is 0.909. The van der Waals surface area contributed by atoms with Crippen molar-refractivity contribution < 1.29 is 4.79 Å². The van der Waals surface area contributed by atoms with Crippen molar-refractivity contribution in [1.29, 1.82) is 0 Å². The van der Waals surface area contributed by atoms with Crippen LogP contribution in [0.25, 0.3) is 4.96 Å². The SMILES string of the molecule is CC(C)(C)c1cn2nc(N[C@H]3CCCC[C@@H]3C(N)=O)sc2n1. The highest BCUT2D eigenvalue weighted by Crippen LogP contribution is 2.30. The molecule has 2 heterocycles. The summed E-state index contributed by atoms with van der Waals surface area (Å²) in [5, 5.41) is 8.74. The highest BCUT2D eigenvalue weighted by atomic mass is 32.1. The van der Waals surface area contributed by atoms with Gasteiger partial charge < -0.3 is 11.1 Å². The molecular formula is C15H23N5OS. The molecule has 0 bridgehead atoms. The Hall–Kier alpha value is -1.63. The minimum absolute atomic E-state index is 0.0153. The lowest BCUT2D eigenvalue weighted by Crippen LogP contribution is -2.40. The molecule has 0 aromatic carbocycles. The van der Waals surface area contributed by atoms with Crippen molar-refractivity contribution in [2.45, 2.75) is 57.9 Å². The first-order valence-electron chi connectivity index (χ1n) is 7.77. The van der Waals surface area contributed by atoms with E-state index in [4.69, 9.17) is 5.73 Å². The van der Waals surface area contributed by atoms with Crippen molar-refractivity contribution in [3.05, 3.63) is 11.9 Å². The van der Waals surface area contributed by atoms with E-state index in [1.165, 1.54) is 11.3 Å². The molecule has 3 rings (SSSR count). The van der Waals surface area contributed by atoms with E-state index in [1.807, 2.05) is 10.7 Å². The lowest BCUT2D eigenvalue weighted by molar-refractivity contribution is -0.122. The van der Waals surface area contributed by atoms with Gasteiger partial charge in [-0.2, -0.15) is 0 Å². The van der Waals surface area contributed by atoms with E-state index >= 15 is 0 Å². The van der Waals surface area contributed by atoms with Crippen molar-refractivity contribution >= 4 is 27.3 Å². The van der Waals surface area contributed by atoms with Gasteiger partial charge in [-0.1, -0.05) is 44.9 Å². The van der Waals surface area contributed by atoms with Crippen LogP contribution in [0.15, 0.2) is 6.20 Å². The zero-order valence-electron chi connectivity index (χ0n) is 13.3. The maximum atomic E-state index is 11.6. The van der Waals surface area contributed by atoms with Crippen LogP contribution in [-0.4, -0.2) is 26.5 Å². The monoisotopic (exact) mass is 321 g/mol. The molecule has 1 amide bonds. The Kier molecular flexibility index (Phi) is 3.84. The van der Waals surface area contributed by atoms with E-state index < -0.39 is 0 Å². The molecule has 1 aliphatic carbocycles. The zero-order valence-corrected chi connectivity index (χ0v) is 14.1. The van der Waals surface area contributed by atoms with Crippen LogP contribution in [0.3, 0.4) is 0 Å². The van der Waals surface area contributed by atoms with Gasteiger partial charge in [-0.05, 0) is 12.8 Å². The van der Waals surface area contributed by atoms with Crippen LogP contribution in [0.5, 0.6) is 0 Å². The molecule has 0 unspecified atom stereocenters. The minimum Gasteiger partial charge on any atom is -0.369 e. The van der Waals surface area contributed by atoms with E-state index in [0.29, 0.717) is 0 Å². The van der Waals surface area contributed by atoms with Crippen molar-refractivity contribution in [3.63, 3.8) is 0 Å². The van der Waals surface area contributed by atoms with Gasteiger partial charge >= 0.3 is 0 Å². The summed E-state index contributed by atoms with van der Waals surface area (Å²) in [4.78, 5) is 17.1. The number of aromatic nitrogens is 3. The fourth-order valence-electron chi connectivity index (χ4n) is 2.92. The van der Waals surface area contributed by atoms with Crippen molar-refractivity contribution in [1.82, 2.24) is 14.6 Å². The smallest absolute Gasteiger partial charge is 0.222 e. The first kappa shape index (κ1) is 15.3. The van der Waals surface area contributed by atoms with Gasteiger partial charge in [0.2, 0.25) is 16.0 Å². The Morgan fingerprint density at radius 2 is 2.14 bits per heavy atom. The summed E-state index contributed by atoms with van der Waals surface area (Å²) in [5.41, 5.74) is 6.57. The van der Waals surface area contributed by atoms with Crippen LogP contribution in [0.2, 0.25) is 0 Å². The first-order chi connectivity index (χ1) is 10.3. The molecule has 2 atom stereocenters. The number of nitrogens with zero attached hydrogens (tertiary/aromatic N) is 3. The molecule has 1 saturated carbocycles. The highest BCUT2D eigenvalue weighted by molar-refractivity contribution is 7.20. The highest BCUT2D eigenvalue weighted by Gasteiger charge is 2.30. The molecule has 3 N–H and O–H groups in total. The van der Waals surface area contributed by atoms with E-state index in [1.54, 1.807) is 0 Å². The van der Waals surface area contributed by atoms with Crippen LogP contribution in [-0.2, 0) is 10.2 Å². The Labute approximate surface area is 134 Å². The lowest BCUT2D eigenvalue weighted by Gasteiger charge is -2.29. The predicted molar refractivity (Wildman–Crippen MR) is 88.1 cm³/mol. The van der Waals surface area contributed by atoms with Gasteiger partial charge in [0.25, 0.3) is 0 Å². The molecule has 0 aliphatic heterocycles. The third-order valence-electron chi connectivity index (χ3n) is 4.25. The van der Waals surface area contributed by atoms with Gasteiger partial charge in [0.05, 0.1) is 17.8 Å². The summed E-state index contributed by atoms with van der Waals surface area (Å²) < 4.78 is 1.82. The Bertz CT molecular complexity index is 652. The lowest BCUT2D eigenvalue weighted by atomic mass is 9.84. The van der Waals surface area contributed by atoms with Crippen molar-refractivity contribution in [3.8, 4) is 0 Å². The average molecular weight is 321 g/mol. The molecule has 2 aromatic rings. The van der Waals surface area contributed by atoms with E-state index in [0.717, 1.165) is 41.5 Å². The Morgan fingerprint density at radius 1 is 1.41 bits per heavy atom. The molecule has 120 valence electrons. The summed E-state index contributed by atoms with van der Waals surface area (Å²) in [5.74, 6) is -0.316. The summed E-state index contributed by atoms with van der Waals surface area (Å²) in [6.07, 6.45) is 6.00. The zero-order chi connectivity index (χ0) is 15.9. The first-order valence-corrected chi connectivity index (χ1v) is 8.59. The summed E-state index contributed by atoms with van der Waals surface area (Å²) in [7, 11) is 0. The standard InChI is InChI=1S/C15H23N5OS/c1-15(2,3)11-8-20-14(18-11)22-13(19-20)17-10-7-5-4-6-9(10)12(16)21/h8-10H,4-7H2,1-3H3,(H2,16,21)(H,17,19)/t9-,10-/m0/s1. The summed E-state index contributed by atoms with van der Waals surface area (Å²) in [6.45, 7) is 6.41. The number of imidazole rings is 1. The number of amides is 1. The average Bonchev–Trinajstić information content (AvgIpc) is 2.96. The fourth-order valence-corrected chi connectivity index (χ4v) is 3.77. The normalized spacial score (nSPS) is 22.9. The molecule has 0 saturated heterocycles. The third-order valence-corrected chi connectivity index (χ3v) is 5.11. The number of nitrogens with one attached hydrogen (secondary N) is 1. The number of rotatable bonds is 3. The topological polar surface area (TPSA) is 85.3 Å². The van der Waals surface area contributed by atoms with E-state index in [-0.39, 0.29) is 23.3 Å². The largest absolute Gasteiger partial charge is 0.369 e. The molecule has 7 heteroatoms. The van der Waals surface area contributed by atoms with Crippen LogP contribution >= 0.6 is 11.3 Å². The second-order valence-corrected chi connectivity index (χ2v) is 8.01. The van der Waals surface area contributed by atoms with Crippen LogP contribution in [0, 0.1) is 5.92 Å². The fraction of sp³-hybridized carbons (Fsp3) is 0.667. The van der Waals surface area contributed by atoms with Gasteiger partial charge in [-0.25, -0.2) is 9.50 Å². The molecule has 6 nitrogen and oxygen atoms in total. The van der Waals surface area contributed by atoms with Gasteiger partial charge in [-0.15, -0.1) is 5.10 Å². The minimum atomic E-state index is -0.214. The number of carbonyl (C=O) groups excluding carboxylic acids is 1. The van der Waals surface area contributed by atoms with Crippen LogP contribution in [0.1, 0.15) is 52.1 Å². The van der Waals surface area contributed by atoms with Crippen LogP contribution < -0.4 is 11.1 Å². The molecule has 1 fully saturated rings. The number of anilines is 1. The summed E-state index contributed by atoms with van der Waals surface area (Å²) in [6, 6.07) is 0.0872. The maximum Gasteiger partial charge on any atom is 0.222 e. The molecule has 1 aliphatic rings. The number of hydrogen-bond acceptors (Lipinski definition) is 5. The molecule has 0 spiro atoms. The second-order valence-electron chi connectivity index (χ2n) is 7.05. The van der Waals surface area contributed by atoms with Gasteiger partial charge in [0.15, 0.2) is 0 Å². The predicted octanol–water partition coefficient (Wildman–Crippen LogP) is 2.54. The molecule has 0 radical (unpaired) electrons. The number of primary amides is 1. The number of hydrogen-bond donors (Lipinski definition) is 2. The summed E-state index contributed by atoms with van der Waals surface area (Å²) >= 11 is 1.52. The van der Waals surface area contributed by atoms with Gasteiger partial charge in [0.1, 0.15) is 0 Å². The Morgan fingerprint density at radius 3 is 2.77 bits per heavy atom. The third kappa shape index (κ3) is 2.95. The Balaban J connectivity index is 1.79. The number of carbonyl (C=O) groups is 1. The van der Waals surface area contributed by atoms with Gasteiger partial charge in [-0.3, -0.25) is 4.79 Å². The van der Waals surface area contributed by atoms with Crippen molar-refractivity contribution in [2.75, 3.05) is 5.32 Å². The van der Waals surface area contributed by atoms with Crippen LogP contribution in [0.4, 0.5) is 5.13 Å². The second kappa shape index (κ2) is 5.53. The molecule has 22 heavy (non-hydrogen) atoms. The molecule has 2 aromatic heterocycles. The van der Waals surface area contributed by atoms with E-state index in [9.17, 15) is 4.79 Å². The maximum absolute atomic E-state index is 11.6. The molecular weight excluding hydrogens is 298 g/mol. The number of fused-ring (bicyclic) bond motifs is 1. The number of nitrogens with two attached hydrogens (primary N) is 1. The van der Waals surface area contributed by atoms with Gasteiger partial charge in [0, 0.05) is 11.5 Å².